The molecule has 4 rings (SSSR count). The topological polar surface area (TPSA) is 38.1 Å². The van der Waals surface area contributed by atoms with Gasteiger partial charge in [0.15, 0.2) is 0 Å². The Morgan fingerprint density at radius 1 is 0.903 bits per heavy atom. The summed E-state index contributed by atoms with van der Waals surface area (Å²) in [6.45, 7) is 6.00. The number of amides is 1. The Hall–Kier alpha value is -3.66. The first-order valence-electron chi connectivity index (χ1n) is 10.6. The van der Waals surface area contributed by atoms with Crippen molar-refractivity contribution < 1.29 is 4.79 Å². The normalized spacial score (nSPS) is 10.8. The number of nitrogens with zero attached hydrogens (tertiary/aromatic N) is 3. The van der Waals surface area contributed by atoms with Crippen LogP contribution in [0.15, 0.2) is 91.4 Å². The molecule has 4 aromatic rings. The summed E-state index contributed by atoms with van der Waals surface area (Å²) < 4.78 is 2.07. The minimum atomic E-state index is 0.0405. The van der Waals surface area contributed by atoms with Crippen molar-refractivity contribution >= 4 is 5.91 Å². The maximum absolute atomic E-state index is 13.6. The number of aryl methyl sites for hydroxylation is 1. The molecule has 0 bridgehead atoms. The number of carbonyl (C=O) groups is 1. The third-order valence-electron chi connectivity index (χ3n) is 5.49. The Bertz CT molecular complexity index is 1130. The lowest BCUT2D eigenvalue weighted by Crippen LogP contribution is -2.32. The molecule has 0 saturated carbocycles. The van der Waals surface area contributed by atoms with Crippen LogP contribution in [0.25, 0.3) is 11.1 Å². The fraction of sp³-hybridized carbons (Fsp3) is 0.185. The molecule has 0 aliphatic carbocycles. The summed E-state index contributed by atoms with van der Waals surface area (Å²) in [6, 6.07) is 24.5. The first-order chi connectivity index (χ1) is 15.1. The van der Waals surface area contributed by atoms with E-state index in [1.165, 1.54) is 11.1 Å². The zero-order chi connectivity index (χ0) is 21.6. The molecule has 2 aromatic carbocycles. The second-order valence-electron chi connectivity index (χ2n) is 7.77. The lowest BCUT2D eigenvalue weighted by molar-refractivity contribution is 0.0742. The second-order valence-corrected chi connectivity index (χ2v) is 7.77. The van der Waals surface area contributed by atoms with Gasteiger partial charge in [-0.1, -0.05) is 60.2 Å². The number of aromatic nitrogens is 2. The van der Waals surface area contributed by atoms with Gasteiger partial charge in [0.05, 0.1) is 0 Å². The molecule has 0 fully saturated rings. The molecule has 2 aromatic heterocycles. The number of hydrogen-bond donors (Lipinski definition) is 0. The second kappa shape index (κ2) is 9.43. The molecule has 0 aliphatic rings. The molecule has 0 radical (unpaired) electrons. The Morgan fingerprint density at radius 3 is 2.29 bits per heavy atom. The van der Waals surface area contributed by atoms with Gasteiger partial charge in [-0.2, -0.15) is 0 Å². The molecule has 1 amide bonds. The van der Waals surface area contributed by atoms with Crippen LogP contribution in [0.5, 0.6) is 0 Å². The Labute approximate surface area is 183 Å². The molecule has 0 N–H and O–H groups in total. The summed E-state index contributed by atoms with van der Waals surface area (Å²) in [5.74, 6) is 0.0405. The summed E-state index contributed by atoms with van der Waals surface area (Å²) in [6.07, 6.45) is 5.63. The van der Waals surface area contributed by atoms with Gasteiger partial charge in [-0.05, 0) is 48.7 Å². The van der Waals surface area contributed by atoms with E-state index in [0.717, 1.165) is 16.7 Å². The Morgan fingerprint density at radius 2 is 1.61 bits per heavy atom. The standard InChI is InChI=1S/C27H27N3O/c1-3-29(18-22-7-5-4-6-8-22)27(31)26-17-25(24-13-15-28-16-14-24)20-30(26)19-23-11-9-21(2)10-12-23/h4-17,20H,3,18-19H2,1-2H3. The quantitative estimate of drug-likeness (QED) is 0.400. The van der Waals surface area contributed by atoms with Crippen molar-refractivity contribution in [3.8, 4) is 11.1 Å². The van der Waals surface area contributed by atoms with Gasteiger partial charge in [0.25, 0.3) is 5.91 Å². The average Bonchev–Trinajstić information content (AvgIpc) is 3.23. The van der Waals surface area contributed by atoms with Crippen LogP contribution in [0, 0.1) is 6.92 Å². The van der Waals surface area contributed by atoms with Crippen LogP contribution in [-0.2, 0) is 13.1 Å². The van der Waals surface area contributed by atoms with Crippen LogP contribution in [0.3, 0.4) is 0 Å². The van der Waals surface area contributed by atoms with E-state index < -0.39 is 0 Å². The molecule has 0 aliphatic heterocycles. The van der Waals surface area contributed by atoms with Gasteiger partial charge in [0.2, 0.25) is 0 Å². The summed E-state index contributed by atoms with van der Waals surface area (Å²) in [5.41, 5.74) is 6.30. The van der Waals surface area contributed by atoms with Crippen molar-refractivity contribution in [2.75, 3.05) is 6.54 Å². The van der Waals surface area contributed by atoms with Gasteiger partial charge in [0, 0.05) is 43.8 Å². The third-order valence-corrected chi connectivity index (χ3v) is 5.49. The largest absolute Gasteiger partial charge is 0.338 e. The molecular weight excluding hydrogens is 382 g/mol. The average molecular weight is 410 g/mol. The fourth-order valence-electron chi connectivity index (χ4n) is 3.71. The first-order valence-corrected chi connectivity index (χ1v) is 10.6. The van der Waals surface area contributed by atoms with Crippen molar-refractivity contribution in [2.24, 2.45) is 0 Å². The summed E-state index contributed by atoms with van der Waals surface area (Å²) in [7, 11) is 0. The highest BCUT2D eigenvalue weighted by atomic mass is 16.2. The van der Waals surface area contributed by atoms with Crippen LogP contribution >= 0.6 is 0 Å². The van der Waals surface area contributed by atoms with Crippen molar-refractivity contribution in [3.05, 3.63) is 114 Å². The van der Waals surface area contributed by atoms with Crippen LogP contribution in [0.1, 0.15) is 34.1 Å². The third kappa shape index (κ3) is 4.92. The van der Waals surface area contributed by atoms with Gasteiger partial charge in [-0.15, -0.1) is 0 Å². The summed E-state index contributed by atoms with van der Waals surface area (Å²) in [5, 5.41) is 0. The molecule has 4 nitrogen and oxygen atoms in total. The van der Waals surface area contributed by atoms with E-state index in [1.54, 1.807) is 12.4 Å². The number of rotatable bonds is 7. The SMILES string of the molecule is CCN(Cc1ccccc1)C(=O)c1cc(-c2ccncc2)cn1Cc1ccc(C)cc1. The van der Waals surface area contributed by atoms with Gasteiger partial charge in [-0.25, -0.2) is 0 Å². The van der Waals surface area contributed by atoms with Crippen molar-refractivity contribution in [1.82, 2.24) is 14.5 Å². The summed E-state index contributed by atoms with van der Waals surface area (Å²) in [4.78, 5) is 19.6. The molecule has 0 unspecified atom stereocenters. The molecule has 4 heteroatoms. The predicted molar refractivity (Wildman–Crippen MR) is 125 cm³/mol. The summed E-state index contributed by atoms with van der Waals surface area (Å²) >= 11 is 0. The predicted octanol–water partition coefficient (Wildman–Crippen LogP) is 5.57. The minimum absolute atomic E-state index is 0.0405. The van der Waals surface area contributed by atoms with Gasteiger partial charge in [-0.3, -0.25) is 9.78 Å². The van der Waals surface area contributed by atoms with Gasteiger partial charge < -0.3 is 9.47 Å². The van der Waals surface area contributed by atoms with E-state index in [9.17, 15) is 4.79 Å². The van der Waals surface area contributed by atoms with Crippen molar-refractivity contribution in [2.45, 2.75) is 26.9 Å². The molecule has 0 atom stereocenters. The molecular formula is C27H27N3O. The van der Waals surface area contributed by atoms with Crippen molar-refractivity contribution in [3.63, 3.8) is 0 Å². The molecule has 0 saturated heterocycles. The van der Waals surface area contributed by atoms with E-state index in [-0.39, 0.29) is 5.91 Å². The van der Waals surface area contributed by atoms with E-state index in [1.807, 2.05) is 48.2 Å². The van der Waals surface area contributed by atoms with E-state index in [2.05, 4.69) is 59.1 Å². The Balaban J connectivity index is 1.68. The van der Waals surface area contributed by atoms with E-state index >= 15 is 0 Å². The highest BCUT2D eigenvalue weighted by molar-refractivity contribution is 5.94. The van der Waals surface area contributed by atoms with Crippen LogP contribution < -0.4 is 0 Å². The zero-order valence-corrected chi connectivity index (χ0v) is 18.0. The lowest BCUT2D eigenvalue weighted by atomic mass is 10.1. The Kier molecular flexibility index (Phi) is 6.27. The van der Waals surface area contributed by atoms with E-state index in [4.69, 9.17) is 0 Å². The first kappa shape index (κ1) is 20.6. The maximum atomic E-state index is 13.6. The van der Waals surface area contributed by atoms with Crippen LogP contribution in [-0.4, -0.2) is 26.9 Å². The monoisotopic (exact) mass is 409 g/mol. The zero-order valence-electron chi connectivity index (χ0n) is 18.0. The smallest absolute Gasteiger partial charge is 0.270 e. The minimum Gasteiger partial charge on any atom is -0.338 e. The van der Waals surface area contributed by atoms with Gasteiger partial charge >= 0.3 is 0 Å². The highest BCUT2D eigenvalue weighted by Crippen LogP contribution is 2.24. The number of pyridine rings is 1. The van der Waals surface area contributed by atoms with Gasteiger partial charge in [0.1, 0.15) is 5.69 Å². The van der Waals surface area contributed by atoms with Crippen molar-refractivity contribution in [1.29, 1.82) is 0 Å². The molecule has 0 spiro atoms. The molecule has 156 valence electrons. The van der Waals surface area contributed by atoms with Crippen LogP contribution in [0.2, 0.25) is 0 Å². The number of carbonyl (C=O) groups excluding carboxylic acids is 1. The van der Waals surface area contributed by atoms with E-state index in [0.29, 0.717) is 25.3 Å². The highest BCUT2D eigenvalue weighted by Gasteiger charge is 2.20. The van der Waals surface area contributed by atoms with Crippen LogP contribution in [0.4, 0.5) is 0 Å². The lowest BCUT2D eigenvalue weighted by Gasteiger charge is -2.22. The molecule has 31 heavy (non-hydrogen) atoms. The number of benzene rings is 2. The fourth-order valence-corrected chi connectivity index (χ4v) is 3.71. The number of hydrogen-bond acceptors (Lipinski definition) is 2. The molecule has 2 heterocycles. The maximum Gasteiger partial charge on any atom is 0.270 e.